The van der Waals surface area contributed by atoms with Crippen LogP contribution in [0, 0.1) is 20.8 Å². The number of benzene rings is 1. The van der Waals surface area contributed by atoms with Crippen LogP contribution >= 0.6 is 0 Å². The van der Waals surface area contributed by atoms with Crippen LogP contribution in [0.5, 0.6) is 0 Å². The molecule has 0 N–H and O–H groups in total. The minimum atomic E-state index is -0.205. The summed E-state index contributed by atoms with van der Waals surface area (Å²) in [5, 5.41) is 4.18. The van der Waals surface area contributed by atoms with Gasteiger partial charge in [0.1, 0.15) is 23.2 Å². The number of hydrogen-bond donors (Lipinski definition) is 0. The Bertz CT molecular complexity index is 1140. The quantitative estimate of drug-likeness (QED) is 0.571. The largest absolute Gasteiger partial charge is 0.441 e. The van der Waals surface area contributed by atoms with Crippen molar-refractivity contribution in [2.75, 3.05) is 0 Å². The van der Waals surface area contributed by atoms with Crippen molar-refractivity contribution in [3.8, 4) is 11.5 Å². The Hall–Kier alpha value is -3.22. The molecule has 0 saturated carbocycles. The molecule has 0 aliphatic carbocycles. The molecule has 0 spiro atoms. The molecule has 25 heavy (non-hydrogen) atoms. The second-order valence-electron chi connectivity index (χ2n) is 6.02. The first-order valence-corrected chi connectivity index (χ1v) is 7.87. The summed E-state index contributed by atoms with van der Waals surface area (Å²) in [6.07, 6.45) is 1.44. The standard InChI is InChI=1S/C18H16N4O3/c1-10-5-4-6-13(7-10)16-20-14(12(3)24-16)8-22-9-19-17-15(18(22)23)11(2)21-25-17/h4-7,9H,8H2,1-3H3. The first kappa shape index (κ1) is 15.3. The molecule has 0 bridgehead atoms. The fraction of sp³-hybridized carbons (Fsp3) is 0.222. The van der Waals surface area contributed by atoms with E-state index in [1.165, 1.54) is 10.9 Å². The highest BCUT2D eigenvalue weighted by Crippen LogP contribution is 2.23. The molecule has 7 nitrogen and oxygen atoms in total. The molecule has 0 aliphatic heterocycles. The van der Waals surface area contributed by atoms with Crippen LogP contribution < -0.4 is 5.56 Å². The molecule has 0 aliphatic rings. The topological polar surface area (TPSA) is 87.0 Å². The van der Waals surface area contributed by atoms with Crippen LogP contribution in [0.2, 0.25) is 0 Å². The first-order chi connectivity index (χ1) is 12.0. The summed E-state index contributed by atoms with van der Waals surface area (Å²) < 4.78 is 12.3. The fourth-order valence-electron chi connectivity index (χ4n) is 2.76. The third-order valence-corrected chi connectivity index (χ3v) is 4.11. The van der Waals surface area contributed by atoms with E-state index in [9.17, 15) is 4.79 Å². The van der Waals surface area contributed by atoms with Crippen LogP contribution in [-0.4, -0.2) is 19.7 Å². The number of nitrogens with zero attached hydrogens (tertiary/aromatic N) is 4. The highest BCUT2D eigenvalue weighted by atomic mass is 16.5. The summed E-state index contributed by atoms with van der Waals surface area (Å²) in [4.78, 5) is 21.3. The molecular weight excluding hydrogens is 320 g/mol. The normalized spacial score (nSPS) is 11.3. The summed E-state index contributed by atoms with van der Waals surface area (Å²) in [6, 6.07) is 7.93. The molecule has 0 saturated heterocycles. The Kier molecular flexibility index (Phi) is 3.49. The minimum absolute atomic E-state index is 0.205. The molecule has 0 amide bonds. The SMILES string of the molecule is Cc1cccc(-c2nc(Cn3cnc4onc(C)c4c3=O)c(C)o2)c1. The zero-order valence-electron chi connectivity index (χ0n) is 14.1. The summed E-state index contributed by atoms with van der Waals surface area (Å²) >= 11 is 0. The van der Waals surface area contributed by atoms with Crippen molar-refractivity contribution in [1.29, 1.82) is 0 Å². The van der Waals surface area contributed by atoms with Gasteiger partial charge in [-0.25, -0.2) is 9.97 Å². The molecular formula is C18H16N4O3. The van der Waals surface area contributed by atoms with Gasteiger partial charge in [-0.15, -0.1) is 0 Å². The zero-order valence-corrected chi connectivity index (χ0v) is 14.1. The van der Waals surface area contributed by atoms with Crippen molar-refractivity contribution < 1.29 is 8.94 Å². The van der Waals surface area contributed by atoms with Crippen molar-refractivity contribution in [2.24, 2.45) is 0 Å². The lowest BCUT2D eigenvalue weighted by atomic mass is 10.1. The predicted octanol–water partition coefficient (Wildman–Crippen LogP) is 3.01. The lowest BCUT2D eigenvalue weighted by molar-refractivity contribution is 0.442. The van der Waals surface area contributed by atoms with Crippen molar-refractivity contribution in [2.45, 2.75) is 27.3 Å². The molecule has 0 atom stereocenters. The molecule has 0 unspecified atom stereocenters. The van der Waals surface area contributed by atoms with Gasteiger partial charge in [0.25, 0.3) is 11.3 Å². The number of rotatable bonds is 3. The van der Waals surface area contributed by atoms with Crippen molar-refractivity contribution >= 4 is 11.1 Å². The number of aromatic nitrogens is 4. The zero-order chi connectivity index (χ0) is 17.6. The van der Waals surface area contributed by atoms with E-state index in [0.29, 0.717) is 28.4 Å². The molecule has 3 heterocycles. The van der Waals surface area contributed by atoms with E-state index in [0.717, 1.165) is 11.1 Å². The maximum absolute atomic E-state index is 12.6. The maximum atomic E-state index is 12.6. The average molecular weight is 336 g/mol. The Morgan fingerprint density at radius 1 is 1.20 bits per heavy atom. The Morgan fingerprint density at radius 2 is 2.04 bits per heavy atom. The van der Waals surface area contributed by atoms with E-state index in [2.05, 4.69) is 15.1 Å². The molecule has 126 valence electrons. The van der Waals surface area contributed by atoms with Gasteiger partial charge in [-0.3, -0.25) is 9.36 Å². The fourth-order valence-corrected chi connectivity index (χ4v) is 2.76. The molecule has 1 aromatic carbocycles. The van der Waals surface area contributed by atoms with Gasteiger partial charge in [0, 0.05) is 5.56 Å². The van der Waals surface area contributed by atoms with Crippen LogP contribution in [0.3, 0.4) is 0 Å². The van der Waals surface area contributed by atoms with Gasteiger partial charge in [-0.05, 0) is 32.9 Å². The summed E-state index contributed by atoms with van der Waals surface area (Å²) in [7, 11) is 0. The molecule has 4 rings (SSSR count). The van der Waals surface area contributed by atoms with E-state index in [-0.39, 0.29) is 17.8 Å². The van der Waals surface area contributed by atoms with Crippen molar-refractivity contribution in [1.82, 2.24) is 19.7 Å². The third-order valence-electron chi connectivity index (χ3n) is 4.11. The average Bonchev–Trinajstić information content (AvgIpc) is 3.14. The number of fused-ring (bicyclic) bond motifs is 1. The van der Waals surface area contributed by atoms with E-state index in [1.807, 2.05) is 38.1 Å². The Balaban J connectivity index is 1.73. The second-order valence-corrected chi connectivity index (χ2v) is 6.02. The lowest BCUT2D eigenvalue weighted by Crippen LogP contribution is -2.21. The Labute approximate surface area is 142 Å². The first-order valence-electron chi connectivity index (χ1n) is 7.87. The van der Waals surface area contributed by atoms with Gasteiger partial charge in [0.2, 0.25) is 5.89 Å². The minimum Gasteiger partial charge on any atom is -0.441 e. The number of oxazole rings is 1. The van der Waals surface area contributed by atoms with Gasteiger partial charge in [-0.1, -0.05) is 22.9 Å². The summed E-state index contributed by atoms with van der Waals surface area (Å²) in [5.74, 6) is 1.21. The smallest absolute Gasteiger partial charge is 0.266 e. The highest BCUT2D eigenvalue weighted by Gasteiger charge is 2.16. The maximum Gasteiger partial charge on any atom is 0.266 e. The Morgan fingerprint density at radius 3 is 2.84 bits per heavy atom. The number of hydrogen-bond acceptors (Lipinski definition) is 6. The van der Waals surface area contributed by atoms with Crippen LogP contribution in [0.4, 0.5) is 0 Å². The predicted molar refractivity (Wildman–Crippen MR) is 91.3 cm³/mol. The lowest BCUT2D eigenvalue weighted by Gasteiger charge is -2.02. The van der Waals surface area contributed by atoms with Gasteiger partial charge in [0.05, 0.1) is 12.2 Å². The molecule has 7 heteroatoms. The summed E-state index contributed by atoms with van der Waals surface area (Å²) in [5.41, 5.74) is 3.29. The molecule has 4 aromatic rings. The number of aryl methyl sites for hydroxylation is 3. The highest BCUT2D eigenvalue weighted by molar-refractivity contribution is 5.73. The summed E-state index contributed by atoms with van der Waals surface area (Å²) in [6.45, 7) is 5.84. The molecule has 0 fully saturated rings. The van der Waals surface area contributed by atoms with E-state index >= 15 is 0 Å². The van der Waals surface area contributed by atoms with Gasteiger partial charge < -0.3 is 8.94 Å². The van der Waals surface area contributed by atoms with Gasteiger partial charge in [-0.2, -0.15) is 0 Å². The van der Waals surface area contributed by atoms with Gasteiger partial charge >= 0.3 is 0 Å². The third kappa shape index (κ3) is 2.63. The van der Waals surface area contributed by atoms with E-state index < -0.39 is 0 Å². The van der Waals surface area contributed by atoms with Crippen molar-refractivity contribution in [3.63, 3.8) is 0 Å². The monoisotopic (exact) mass is 336 g/mol. The second kappa shape index (κ2) is 5.70. The van der Waals surface area contributed by atoms with Crippen LogP contribution in [0.15, 0.2) is 44.3 Å². The molecule has 3 aromatic heterocycles. The van der Waals surface area contributed by atoms with Crippen LogP contribution in [0.25, 0.3) is 22.6 Å². The van der Waals surface area contributed by atoms with Crippen LogP contribution in [-0.2, 0) is 6.54 Å². The van der Waals surface area contributed by atoms with E-state index in [1.54, 1.807) is 6.92 Å². The van der Waals surface area contributed by atoms with E-state index in [4.69, 9.17) is 8.94 Å². The molecule has 0 radical (unpaired) electrons. The van der Waals surface area contributed by atoms with Gasteiger partial charge in [0.15, 0.2) is 0 Å². The van der Waals surface area contributed by atoms with Crippen molar-refractivity contribution in [3.05, 3.63) is 63.7 Å². The van der Waals surface area contributed by atoms with Crippen LogP contribution in [0.1, 0.15) is 22.7 Å².